The Morgan fingerprint density at radius 1 is 1.35 bits per heavy atom. The molecule has 2 heterocycles. The highest BCUT2D eigenvalue weighted by Crippen LogP contribution is 2.25. The molecule has 1 fully saturated rings. The maximum Gasteiger partial charge on any atom is 0.170 e. The minimum atomic E-state index is 0.621. The van der Waals surface area contributed by atoms with Crippen LogP contribution in [0, 0.1) is 11.8 Å². The number of methoxy groups -OCH3 is 1. The van der Waals surface area contributed by atoms with E-state index < -0.39 is 0 Å². The van der Waals surface area contributed by atoms with E-state index in [1.807, 2.05) is 12.3 Å². The molecule has 1 saturated heterocycles. The summed E-state index contributed by atoms with van der Waals surface area (Å²) in [5.41, 5.74) is 0.913. The van der Waals surface area contributed by atoms with Crippen LogP contribution in [0.2, 0.25) is 0 Å². The molecule has 2 atom stereocenters. The average molecular weight is 337 g/mol. The maximum absolute atomic E-state index is 5.27. The van der Waals surface area contributed by atoms with Gasteiger partial charge >= 0.3 is 0 Å². The van der Waals surface area contributed by atoms with Crippen molar-refractivity contribution in [3.63, 3.8) is 0 Å². The normalized spacial score (nSPS) is 21.1. The molecular weight excluding hydrogens is 308 g/mol. The summed E-state index contributed by atoms with van der Waals surface area (Å²) in [5.74, 6) is 2.50. The Bertz CT molecular complexity index is 484. The monoisotopic (exact) mass is 336 g/mol. The van der Waals surface area contributed by atoms with Gasteiger partial charge in [-0.1, -0.05) is 13.8 Å². The van der Waals surface area contributed by atoms with Gasteiger partial charge in [-0.2, -0.15) is 0 Å². The number of nitrogens with zero attached hydrogens (tertiary/aromatic N) is 2. The van der Waals surface area contributed by atoms with Gasteiger partial charge in [0.1, 0.15) is 5.82 Å². The average Bonchev–Trinajstić information content (AvgIpc) is 2.51. The van der Waals surface area contributed by atoms with Crippen LogP contribution in [0.25, 0.3) is 0 Å². The molecule has 1 aromatic rings. The van der Waals surface area contributed by atoms with Crippen LogP contribution in [0.1, 0.15) is 26.7 Å². The molecule has 6 heteroatoms. The fourth-order valence-corrected chi connectivity index (χ4v) is 3.31. The highest BCUT2D eigenvalue weighted by molar-refractivity contribution is 7.80. The van der Waals surface area contributed by atoms with Crippen molar-refractivity contribution in [3.05, 3.63) is 18.3 Å². The lowest BCUT2D eigenvalue weighted by Crippen LogP contribution is -2.39. The van der Waals surface area contributed by atoms with Crippen LogP contribution in [0.4, 0.5) is 11.5 Å². The van der Waals surface area contributed by atoms with E-state index >= 15 is 0 Å². The molecule has 128 valence electrons. The predicted octanol–water partition coefficient (Wildman–Crippen LogP) is 2.89. The number of rotatable bonds is 6. The van der Waals surface area contributed by atoms with Crippen LogP contribution < -0.4 is 15.5 Å². The van der Waals surface area contributed by atoms with Crippen LogP contribution in [0.15, 0.2) is 18.3 Å². The van der Waals surface area contributed by atoms with Gasteiger partial charge in [0, 0.05) is 33.4 Å². The van der Waals surface area contributed by atoms with E-state index in [1.54, 1.807) is 7.11 Å². The van der Waals surface area contributed by atoms with Crippen molar-refractivity contribution in [1.29, 1.82) is 0 Å². The molecule has 2 unspecified atom stereocenters. The van der Waals surface area contributed by atoms with E-state index in [9.17, 15) is 0 Å². The van der Waals surface area contributed by atoms with Crippen LogP contribution in [0.5, 0.6) is 0 Å². The first-order valence-corrected chi connectivity index (χ1v) is 8.74. The molecule has 5 nitrogen and oxygen atoms in total. The van der Waals surface area contributed by atoms with E-state index in [-0.39, 0.29) is 0 Å². The van der Waals surface area contributed by atoms with Crippen molar-refractivity contribution < 1.29 is 4.74 Å². The fourth-order valence-electron chi connectivity index (χ4n) is 3.09. The Kier molecular flexibility index (Phi) is 7.05. The van der Waals surface area contributed by atoms with E-state index in [1.165, 1.54) is 6.42 Å². The molecule has 1 aromatic heterocycles. The number of hydrogen-bond donors (Lipinski definition) is 2. The van der Waals surface area contributed by atoms with E-state index in [4.69, 9.17) is 17.0 Å². The quantitative estimate of drug-likeness (QED) is 0.615. The summed E-state index contributed by atoms with van der Waals surface area (Å²) in [4.78, 5) is 6.97. The van der Waals surface area contributed by atoms with Crippen molar-refractivity contribution in [1.82, 2.24) is 10.3 Å². The maximum atomic E-state index is 5.27. The predicted molar refractivity (Wildman–Crippen MR) is 100 cm³/mol. The molecule has 2 N–H and O–H groups in total. The number of nitrogens with one attached hydrogen (secondary N) is 2. The number of piperidine rings is 1. The summed E-state index contributed by atoms with van der Waals surface area (Å²) in [6.07, 6.45) is 4.09. The summed E-state index contributed by atoms with van der Waals surface area (Å²) < 4.78 is 5.01. The Morgan fingerprint density at radius 3 is 2.70 bits per heavy atom. The Balaban J connectivity index is 1.83. The highest BCUT2D eigenvalue weighted by Gasteiger charge is 2.22. The number of hydrogen-bond acceptors (Lipinski definition) is 4. The molecule has 0 aliphatic carbocycles. The van der Waals surface area contributed by atoms with Crippen molar-refractivity contribution in [2.45, 2.75) is 26.7 Å². The number of ether oxygens (including phenoxy) is 1. The SMILES string of the molecule is COCCCNC(=S)Nc1ccc(N2CC(C)CC(C)C2)nc1. The van der Waals surface area contributed by atoms with Crippen molar-refractivity contribution in [3.8, 4) is 0 Å². The minimum Gasteiger partial charge on any atom is -0.385 e. The number of anilines is 2. The Hall–Kier alpha value is -1.40. The molecule has 0 bridgehead atoms. The van der Waals surface area contributed by atoms with Gasteiger partial charge in [-0.25, -0.2) is 4.98 Å². The molecule has 0 amide bonds. The Labute approximate surface area is 144 Å². The van der Waals surface area contributed by atoms with E-state index in [0.717, 1.165) is 56.0 Å². The van der Waals surface area contributed by atoms with Gasteiger partial charge in [0.25, 0.3) is 0 Å². The first-order valence-electron chi connectivity index (χ1n) is 8.33. The summed E-state index contributed by atoms with van der Waals surface area (Å²) in [6.45, 7) is 8.33. The Morgan fingerprint density at radius 2 is 2.09 bits per heavy atom. The summed E-state index contributed by atoms with van der Waals surface area (Å²) in [7, 11) is 1.70. The second-order valence-corrected chi connectivity index (χ2v) is 6.89. The smallest absolute Gasteiger partial charge is 0.170 e. The summed E-state index contributed by atoms with van der Waals surface area (Å²) in [5, 5.41) is 6.94. The van der Waals surface area contributed by atoms with Gasteiger partial charge in [-0.15, -0.1) is 0 Å². The standard InChI is InChI=1S/C17H28N4OS/c1-13-9-14(2)12-21(11-13)16-6-5-15(10-19-16)20-17(23)18-7-4-8-22-3/h5-6,10,13-14H,4,7-9,11-12H2,1-3H3,(H2,18,20,23). The van der Waals surface area contributed by atoms with Crippen LogP contribution in [-0.4, -0.2) is 43.4 Å². The van der Waals surface area contributed by atoms with E-state index in [0.29, 0.717) is 5.11 Å². The fraction of sp³-hybridized carbons (Fsp3) is 0.647. The molecule has 0 radical (unpaired) electrons. The van der Waals surface area contributed by atoms with Gasteiger partial charge in [0.15, 0.2) is 5.11 Å². The summed E-state index contributed by atoms with van der Waals surface area (Å²) in [6, 6.07) is 4.11. The zero-order valence-electron chi connectivity index (χ0n) is 14.3. The van der Waals surface area contributed by atoms with E-state index in [2.05, 4.69) is 40.4 Å². The largest absolute Gasteiger partial charge is 0.385 e. The highest BCUT2D eigenvalue weighted by atomic mass is 32.1. The first kappa shape index (κ1) is 17.9. The molecule has 1 aliphatic rings. The molecular formula is C17H28N4OS. The van der Waals surface area contributed by atoms with Crippen LogP contribution in [0.3, 0.4) is 0 Å². The molecule has 0 spiro atoms. The van der Waals surface area contributed by atoms with Gasteiger partial charge < -0.3 is 20.3 Å². The molecule has 0 saturated carbocycles. The van der Waals surface area contributed by atoms with Crippen molar-refractivity contribution in [2.75, 3.05) is 43.6 Å². The van der Waals surface area contributed by atoms with Crippen molar-refractivity contribution in [2.24, 2.45) is 11.8 Å². The second-order valence-electron chi connectivity index (χ2n) is 6.48. The molecule has 1 aliphatic heterocycles. The van der Waals surface area contributed by atoms with Crippen LogP contribution in [-0.2, 0) is 4.74 Å². The third-order valence-electron chi connectivity index (χ3n) is 4.01. The van der Waals surface area contributed by atoms with Gasteiger partial charge in [-0.3, -0.25) is 0 Å². The number of thiocarbonyl (C=S) groups is 1. The summed E-state index contributed by atoms with van der Waals surface area (Å²) >= 11 is 5.27. The van der Waals surface area contributed by atoms with Gasteiger partial charge in [-0.05, 0) is 49.0 Å². The lowest BCUT2D eigenvalue weighted by molar-refractivity contribution is 0.196. The lowest BCUT2D eigenvalue weighted by atomic mass is 9.92. The van der Waals surface area contributed by atoms with Crippen LogP contribution >= 0.6 is 12.2 Å². The number of pyridine rings is 1. The zero-order chi connectivity index (χ0) is 16.7. The lowest BCUT2D eigenvalue weighted by Gasteiger charge is -2.35. The van der Waals surface area contributed by atoms with Gasteiger partial charge in [0.2, 0.25) is 0 Å². The van der Waals surface area contributed by atoms with Crippen molar-refractivity contribution >= 4 is 28.8 Å². The second kappa shape index (κ2) is 9.03. The van der Waals surface area contributed by atoms with Gasteiger partial charge in [0.05, 0.1) is 11.9 Å². The zero-order valence-corrected chi connectivity index (χ0v) is 15.2. The topological polar surface area (TPSA) is 49.4 Å². The molecule has 0 aromatic carbocycles. The minimum absolute atomic E-state index is 0.621. The third kappa shape index (κ3) is 5.95. The molecule has 23 heavy (non-hydrogen) atoms. The number of aromatic nitrogens is 1. The first-order chi connectivity index (χ1) is 11.1. The third-order valence-corrected chi connectivity index (χ3v) is 4.26. The molecule has 2 rings (SSSR count).